The molecule has 1 aromatic rings. The Balaban J connectivity index is 2.06. The minimum absolute atomic E-state index is 0.0884. The van der Waals surface area contributed by atoms with Gasteiger partial charge in [0.2, 0.25) is 0 Å². The molecule has 2 aliphatic rings. The van der Waals surface area contributed by atoms with Gasteiger partial charge in [0.25, 0.3) is 5.91 Å². The van der Waals surface area contributed by atoms with Crippen molar-refractivity contribution in [2.24, 2.45) is 0 Å². The fourth-order valence-electron chi connectivity index (χ4n) is 1.86. The number of ether oxygens (including phenoxy) is 1. The summed E-state index contributed by atoms with van der Waals surface area (Å²) in [5.74, 6) is 1.22. The minimum Gasteiger partial charge on any atom is -0.451 e. The first-order chi connectivity index (χ1) is 6.84. The van der Waals surface area contributed by atoms with Crippen molar-refractivity contribution < 1.29 is 9.53 Å². The molecule has 3 nitrogen and oxygen atoms in total. The van der Waals surface area contributed by atoms with Gasteiger partial charge in [0.05, 0.1) is 0 Å². The lowest BCUT2D eigenvalue weighted by molar-refractivity contribution is -0.118. The van der Waals surface area contributed by atoms with E-state index in [1.54, 1.807) is 0 Å². The van der Waals surface area contributed by atoms with E-state index in [-0.39, 0.29) is 5.91 Å². The zero-order chi connectivity index (χ0) is 9.54. The monoisotopic (exact) mass is 187 g/mol. The standard InChI is InChI=1S/C11H9NO2/c13-11-10-8(6-12-11)5-7-3-1-2-4-9(7)14-10/h1-4H,5-6H2,(H,12,13). The summed E-state index contributed by atoms with van der Waals surface area (Å²) in [4.78, 5) is 11.3. The summed E-state index contributed by atoms with van der Waals surface area (Å²) in [7, 11) is 0. The maximum atomic E-state index is 11.3. The first-order valence-corrected chi connectivity index (χ1v) is 4.60. The van der Waals surface area contributed by atoms with Gasteiger partial charge in [0.15, 0.2) is 5.76 Å². The highest BCUT2D eigenvalue weighted by Gasteiger charge is 2.29. The SMILES string of the molecule is O=C1NCC2=C1Oc1ccccc1C2. The molecular weight excluding hydrogens is 178 g/mol. The van der Waals surface area contributed by atoms with E-state index in [1.807, 2.05) is 24.3 Å². The van der Waals surface area contributed by atoms with Crippen LogP contribution in [-0.2, 0) is 11.2 Å². The minimum atomic E-state index is -0.0884. The van der Waals surface area contributed by atoms with Crippen LogP contribution in [0.3, 0.4) is 0 Å². The van der Waals surface area contributed by atoms with Crippen LogP contribution >= 0.6 is 0 Å². The molecule has 0 saturated heterocycles. The van der Waals surface area contributed by atoms with Gasteiger partial charge in [-0.2, -0.15) is 0 Å². The van der Waals surface area contributed by atoms with E-state index < -0.39 is 0 Å². The number of carbonyl (C=O) groups is 1. The zero-order valence-electron chi connectivity index (χ0n) is 7.54. The van der Waals surface area contributed by atoms with Crippen LogP contribution in [0.5, 0.6) is 5.75 Å². The van der Waals surface area contributed by atoms with Crippen LogP contribution < -0.4 is 10.1 Å². The van der Waals surface area contributed by atoms with Gasteiger partial charge in [0, 0.05) is 18.5 Å². The lowest BCUT2D eigenvalue weighted by Crippen LogP contribution is -2.19. The Labute approximate surface area is 81.4 Å². The van der Waals surface area contributed by atoms with Gasteiger partial charge in [-0.1, -0.05) is 18.2 Å². The molecule has 0 spiro atoms. The molecule has 0 fully saturated rings. The summed E-state index contributed by atoms with van der Waals surface area (Å²) in [6.07, 6.45) is 0.824. The summed E-state index contributed by atoms with van der Waals surface area (Å²) in [6.45, 7) is 0.627. The highest BCUT2D eigenvalue weighted by atomic mass is 16.5. The number of para-hydroxylation sites is 1. The number of amides is 1. The molecule has 0 saturated carbocycles. The van der Waals surface area contributed by atoms with Gasteiger partial charge in [-0.3, -0.25) is 4.79 Å². The highest BCUT2D eigenvalue weighted by molar-refractivity contribution is 5.96. The van der Waals surface area contributed by atoms with Crippen molar-refractivity contribution >= 4 is 5.91 Å². The quantitative estimate of drug-likeness (QED) is 0.658. The number of hydrogen-bond donors (Lipinski definition) is 1. The van der Waals surface area contributed by atoms with E-state index in [0.29, 0.717) is 12.3 Å². The first-order valence-electron chi connectivity index (χ1n) is 4.60. The van der Waals surface area contributed by atoms with Crippen LogP contribution in [0.4, 0.5) is 0 Å². The Morgan fingerprint density at radius 3 is 3.07 bits per heavy atom. The molecule has 0 unspecified atom stereocenters. The van der Waals surface area contributed by atoms with Crippen molar-refractivity contribution in [3.63, 3.8) is 0 Å². The van der Waals surface area contributed by atoms with Crippen LogP contribution in [0.2, 0.25) is 0 Å². The average molecular weight is 187 g/mol. The van der Waals surface area contributed by atoms with Crippen molar-refractivity contribution in [3.8, 4) is 5.75 Å². The van der Waals surface area contributed by atoms with Gasteiger partial charge in [-0.25, -0.2) is 0 Å². The number of fused-ring (bicyclic) bond motifs is 1. The molecule has 0 radical (unpaired) electrons. The topological polar surface area (TPSA) is 38.3 Å². The summed E-state index contributed by atoms with van der Waals surface area (Å²) in [6, 6.07) is 7.82. The normalized spacial score (nSPS) is 18.4. The molecule has 1 amide bonds. The second kappa shape index (κ2) is 2.61. The van der Waals surface area contributed by atoms with Crippen molar-refractivity contribution in [3.05, 3.63) is 41.2 Å². The summed E-state index contributed by atoms with van der Waals surface area (Å²) >= 11 is 0. The van der Waals surface area contributed by atoms with Crippen LogP contribution in [0.15, 0.2) is 35.6 Å². The van der Waals surface area contributed by atoms with Crippen molar-refractivity contribution in [2.45, 2.75) is 6.42 Å². The smallest absolute Gasteiger partial charge is 0.287 e. The number of carbonyl (C=O) groups excluding carboxylic acids is 1. The van der Waals surface area contributed by atoms with Crippen LogP contribution in [-0.4, -0.2) is 12.5 Å². The molecule has 0 bridgehead atoms. The summed E-state index contributed by atoms with van der Waals surface area (Å²) < 4.78 is 5.54. The third-order valence-electron chi connectivity index (χ3n) is 2.58. The van der Waals surface area contributed by atoms with E-state index in [2.05, 4.69) is 5.32 Å². The van der Waals surface area contributed by atoms with E-state index >= 15 is 0 Å². The molecule has 14 heavy (non-hydrogen) atoms. The number of benzene rings is 1. The lowest BCUT2D eigenvalue weighted by atomic mass is 10.0. The number of rotatable bonds is 0. The summed E-state index contributed by atoms with van der Waals surface area (Å²) in [5.41, 5.74) is 2.22. The second-order valence-corrected chi connectivity index (χ2v) is 3.50. The van der Waals surface area contributed by atoms with E-state index in [0.717, 1.165) is 23.3 Å². The van der Waals surface area contributed by atoms with E-state index in [9.17, 15) is 4.79 Å². The van der Waals surface area contributed by atoms with E-state index in [1.165, 1.54) is 0 Å². The average Bonchev–Trinajstić information content (AvgIpc) is 2.57. The van der Waals surface area contributed by atoms with Gasteiger partial charge >= 0.3 is 0 Å². The van der Waals surface area contributed by atoms with Crippen LogP contribution in [0.1, 0.15) is 5.56 Å². The van der Waals surface area contributed by atoms with Crippen LogP contribution in [0.25, 0.3) is 0 Å². The van der Waals surface area contributed by atoms with Gasteiger partial charge in [0.1, 0.15) is 5.75 Å². The molecule has 1 N–H and O–H groups in total. The molecule has 2 aliphatic heterocycles. The maximum absolute atomic E-state index is 11.3. The second-order valence-electron chi connectivity index (χ2n) is 3.50. The molecule has 0 aromatic heterocycles. The highest BCUT2D eigenvalue weighted by Crippen LogP contribution is 2.31. The van der Waals surface area contributed by atoms with E-state index in [4.69, 9.17) is 4.74 Å². The van der Waals surface area contributed by atoms with Crippen molar-refractivity contribution in [1.82, 2.24) is 5.32 Å². The Bertz CT molecular complexity index is 448. The largest absolute Gasteiger partial charge is 0.451 e. The Morgan fingerprint density at radius 2 is 2.14 bits per heavy atom. The predicted octanol–water partition coefficient (Wildman–Crippen LogP) is 1.01. The Kier molecular flexibility index (Phi) is 1.42. The lowest BCUT2D eigenvalue weighted by Gasteiger charge is -2.16. The Hall–Kier alpha value is -1.77. The molecular formula is C11H9NO2. The maximum Gasteiger partial charge on any atom is 0.287 e. The molecule has 3 rings (SSSR count). The molecule has 70 valence electrons. The molecule has 2 heterocycles. The van der Waals surface area contributed by atoms with Crippen molar-refractivity contribution in [1.29, 1.82) is 0 Å². The van der Waals surface area contributed by atoms with Crippen LogP contribution in [0, 0.1) is 0 Å². The van der Waals surface area contributed by atoms with Gasteiger partial charge in [-0.05, 0) is 11.6 Å². The zero-order valence-corrected chi connectivity index (χ0v) is 7.54. The fourth-order valence-corrected chi connectivity index (χ4v) is 1.86. The third-order valence-corrected chi connectivity index (χ3v) is 2.58. The molecule has 3 heteroatoms. The molecule has 1 aromatic carbocycles. The Morgan fingerprint density at radius 1 is 1.29 bits per heavy atom. The predicted molar refractivity (Wildman–Crippen MR) is 50.8 cm³/mol. The first kappa shape index (κ1) is 7.62. The van der Waals surface area contributed by atoms with Gasteiger partial charge in [-0.15, -0.1) is 0 Å². The van der Waals surface area contributed by atoms with Crippen molar-refractivity contribution in [2.75, 3.05) is 6.54 Å². The number of hydrogen-bond acceptors (Lipinski definition) is 2. The molecule has 0 aliphatic carbocycles. The fraction of sp³-hybridized carbons (Fsp3) is 0.182. The number of nitrogens with one attached hydrogen (secondary N) is 1. The third kappa shape index (κ3) is 0.954. The molecule has 0 atom stereocenters. The van der Waals surface area contributed by atoms with Gasteiger partial charge < -0.3 is 10.1 Å². The summed E-state index contributed by atoms with van der Waals surface area (Å²) in [5, 5.41) is 2.76.